The molecule has 0 aromatic carbocycles. The first-order valence-corrected chi connectivity index (χ1v) is 9.79. The molecule has 3 atom stereocenters. The molecule has 0 aliphatic carbocycles. The largest absolute Gasteiger partial charge is 0.373 e. The smallest absolute Gasteiger partial charge is 0.240 e. The van der Waals surface area contributed by atoms with Crippen LogP contribution in [0.4, 0.5) is 0 Å². The number of carbonyl (C=O) groups excluding carboxylic acids is 2. The number of rotatable bonds is 5. The molecule has 0 radical (unpaired) electrons. The van der Waals surface area contributed by atoms with Crippen LogP contribution in [0.15, 0.2) is 0 Å². The Morgan fingerprint density at radius 1 is 1.04 bits per heavy atom. The Morgan fingerprint density at radius 3 is 2.04 bits per heavy atom. The summed E-state index contributed by atoms with van der Waals surface area (Å²) in [6.45, 7) is 13.3. The second-order valence-corrected chi connectivity index (χ2v) is 8.29. The highest BCUT2D eigenvalue weighted by atomic mass is 16.5. The number of carbonyl (C=O) groups is 2. The van der Waals surface area contributed by atoms with Crippen LogP contribution in [0.25, 0.3) is 0 Å². The molecule has 0 spiro atoms. The Kier molecular flexibility index (Phi) is 7.43. The van der Waals surface area contributed by atoms with Gasteiger partial charge in [-0.15, -0.1) is 0 Å². The van der Waals surface area contributed by atoms with E-state index in [9.17, 15) is 9.59 Å². The molecule has 3 unspecified atom stereocenters. The number of ether oxygens (including phenoxy) is 1. The van der Waals surface area contributed by atoms with Gasteiger partial charge in [-0.1, -0.05) is 13.8 Å². The van der Waals surface area contributed by atoms with Gasteiger partial charge in [0.15, 0.2) is 0 Å². The summed E-state index contributed by atoms with van der Waals surface area (Å²) in [5.41, 5.74) is 0. The van der Waals surface area contributed by atoms with Crippen LogP contribution in [0.5, 0.6) is 0 Å². The molecule has 0 saturated carbocycles. The molecular formula is C19H36N4O3. The molecule has 0 aromatic rings. The molecule has 2 rings (SSSR count). The van der Waals surface area contributed by atoms with E-state index in [4.69, 9.17) is 4.74 Å². The van der Waals surface area contributed by atoms with E-state index in [-0.39, 0.29) is 36.0 Å². The molecule has 2 heterocycles. The Labute approximate surface area is 158 Å². The van der Waals surface area contributed by atoms with Gasteiger partial charge >= 0.3 is 0 Å². The van der Waals surface area contributed by atoms with Gasteiger partial charge < -0.3 is 14.5 Å². The van der Waals surface area contributed by atoms with Crippen molar-refractivity contribution in [1.82, 2.24) is 19.6 Å². The lowest BCUT2D eigenvalue weighted by Gasteiger charge is -2.44. The third kappa shape index (κ3) is 5.41. The first-order valence-electron chi connectivity index (χ1n) is 9.79. The zero-order valence-corrected chi connectivity index (χ0v) is 17.3. The van der Waals surface area contributed by atoms with Gasteiger partial charge in [0.2, 0.25) is 11.8 Å². The van der Waals surface area contributed by atoms with E-state index in [0.717, 1.165) is 26.2 Å². The molecule has 0 aromatic heterocycles. The SMILES string of the molecule is CC1CN(C(C(=O)N2CCN(CC(=O)N(C)C)CC2)C(C)C)CC(C)O1. The van der Waals surface area contributed by atoms with Crippen LogP contribution < -0.4 is 0 Å². The lowest BCUT2D eigenvalue weighted by Crippen LogP contribution is -2.60. The topological polar surface area (TPSA) is 56.3 Å². The Bertz CT molecular complexity index is 479. The van der Waals surface area contributed by atoms with E-state index in [2.05, 4.69) is 37.5 Å². The van der Waals surface area contributed by atoms with Gasteiger partial charge in [0.05, 0.1) is 24.8 Å². The summed E-state index contributed by atoms with van der Waals surface area (Å²) in [6.07, 6.45) is 0.309. The summed E-state index contributed by atoms with van der Waals surface area (Å²) in [5, 5.41) is 0. The summed E-state index contributed by atoms with van der Waals surface area (Å²) in [7, 11) is 3.55. The van der Waals surface area contributed by atoms with Crippen LogP contribution in [-0.2, 0) is 14.3 Å². The number of amides is 2. The van der Waals surface area contributed by atoms with E-state index in [0.29, 0.717) is 19.6 Å². The highest BCUT2D eigenvalue weighted by Crippen LogP contribution is 2.21. The molecular weight excluding hydrogens is 332 g/mol. The molecule has 26 heavy (non-hydrogen) atoms. The fraction of sp³-hybridized carbons (Fsp3) is 0.895. The van der Waals surface area contributed by atoms with Crippen molar-refractivity contribution in [3.8, 4) is 0 Å². The maximum atomic E-state index is 13.2. The van der Waals surface area contributed by atoms with Gasteiger partial charge in [-0.2, -0.15) is 0 Å². The molecule has 150 valence electrons. The van der Waals surface area contributed by atoms with Crippen molar-refractivity contribution in [3.63, 3.8) is 0 Å². The quantitative estimate of drug-likeness (QED) is 0.701. The van der Waals surface area contributed by atoms with Crippen molar-refractivity contribution in [2.45, 2.75) is 45.9 Å². The van der Waals surface area contributed by atoms with Crippen molar-refractivity contribution in [2.24, 2.45) is 5.92 Å². The first kappa shape index (κ1) is 21.1. The van der Waals surface area contributed by atoms with E-state index >= 15 is 0 Å². The van der Waals surface area contributed by atoms with Gasteiger partial charge in [-0.25, -0.2) is 0 Å². The third-order valence-corrected chi connectivity index (χ3v) is 5.27. The van der Waals surface area contributed by atoms with Gasteiger partial charge in [0.1, 0.15) is 0 Å². The van der Waals surface area contributed by atoms with Crippen molar-refractivity contribution in [3.05, 3.63) is 0 Å². The highest BCUT2D eigenvalue weighted by molar-refractivity contribution is 5.82. The van der Waals surface area contributed by atoms with Gasteiger partial charge in [0, 0.05) is 53.4 Å². The van der Waals surface area contributed by atoms with Gasteiger partial charge in [0.25, 0.3) is 0 Å². The molecule has 0 N–H and O–H groups in total. The van der Waals surface area contributed by atoms with Crippen LogP contribution in [0.2, 0.25) is 0 Å². The highest BCUT2D eigenvalue weighted by Gasteiger charge is 2.37. The van der Waals surface area contributed by atoms with Crippen molar-refractivity contribution >= 4 is 11.8 Å². The molecule has 7 heteroatoms. The summed E-state index contributed by atoms with van der Waals surface area (Å²) >= 11 is 0. The van der Waals surface area contributed by atoms with Crippen molar-refractivity contribution in [2.75, 3.05) is 59.9 Å². The van der Waals surface area contributed by atoms with Crippen LogP contribution in [-0.4, -0.2) is 110 Å². The maximum absolute atomic E-state index is 13.2. The molecule has 2 fully saturated rings. The van der Waals surface area contributed by atoms with E-state index in [1.165, 1.54) is 0 Å². The monoisotopic (exact) mass is 368 g/mol. The number of likely N-dealkylation sites (N-methyl/N-ethyl adjacent to an activating group) is 1. The van der Waals surface area contributed by atoms with Crippen molar-refractivity contribution < 1.29 is 14.3 Å². The van der Waals surface area contributed by atoms with Crippen LogP contribution in [0.1, 0.15) is 27.7 Å². The van der Waals surface area contributed by atoms with Crippen LogP contribution in [0, 0.1) is 5.92 Å². The van der Waals surface area contributed by atoms with Gasteiger partial charge in [-0.3, -0.25) is 19.4 Å². The first-order chi connectivity index (χ1) is 12.2. The lowest BCUT2D eigenvalue weighted by atomic mass is 9.98. The second kappa shape index (κ2) is 9.15. The van der Waals surface area contributed by atoms with Crippen molar-refractivity contribution in [1.29, 1.82) is 0 Å². The molecule has 2 saturated heterocycles. The maximum Gasteiger partial charge on any atom is 0.240 e. The van der Waals surface area contributed by atoms with E-state index in [1.807, 2.05) is 4.90 Å². The minimum Gasteiger partial charge on any atom is -0.373 e. The van der Waals surface area contributed by atoms with Gasteiger partial charge in [-0.05, 0) is 19.8 Å². The minimum atomic E-state index is -0.0984. The average molecular weight is 369 g/mol. The fourth-order valence-corrected chi connectivity index (χ4v) is 3.95. The lowest BCUT2D eigenvalue weighted by molar-refractivity contribution is -0.147. The number of nitrogens with zero attached hydrogens (tertiary/aromatic N) is 4. The normalized spacial score (nSPS) is 26.8. The Hall–Kier alpha value is -1.18. The minimum absolute atomic E-state index is 0.0984. The zero-order chi connectivity index (χ0) is 19.4. The molecule has 2 aliphatic heterocycles. The third-order valence-electron chi connectivity index (χ3n) is 5.27. The second-order valence-electron chi connectivity index (χ2n) is 8.29. The summed E-state index contributed by atoms with van der Waals surface area (Å²) in [5.74, 6) is 0.592. The fourth-order valence-electron chi connectivity index (χ4n) is 3.95. The van der Waals surface area contributed by atoms with E-state index in [1.54, 1.807) is 19.0 Å². The summed E-state index contributed by atoms with van der Waals surface area (Å²) in [4.78, 5) is 33.1. The number of hydrogen-bond donors (Lipinski definition) is 0. The summed E-state index contributed by atoms with van der Waals surface area (Å²) in [6, 6.07) is -0.0984. The summed E-state index contributed by atoms with van der Waals surface area (Å²) < 4.78 is 5.83. The van der Waals surface area contributed by atoms with Crippen LogP contribution >= 0.6 is 0 Å². The Morgan fingerprint density at radius 2 is 1.58 bits per heavy atom. The number of piperazine rings is 1. The Balaban J connectivity index is 1.95. The number of hydrogen-bond acceptors (Lipinski definition) is 5. The predicted octanol–water partition coefficient (Wildman–Crippen LogP) is 0.353. The average Bonchev–Trinajstić information content (AvgIpc) is 2.54. The van der Waals surface area contributed by atoms with Crippen LogP contribution in [0.3, 0.4) is 0 Å². The molecule has 2 aliphatic rings. The zero-order valence-electron chi connectivity index (χ0n) is 17.3. The number of morpholine rings is 1. The molecule has 2 amide bonds. The molecule has 0 bridgehead atoms. The van der Waals surface area contributed by atoms with E-state index < -0.39 is 0 Å². The standard InChI is InChI=1S/C19H36N4O3/c1-14(2)18(23-11-15(3)26-16(4)12-23)19(25)22-9-7-21(8-10-22)13-17(24)20(5)6/h14-16,18H,7-13H2,1-6H3. The molecule has 7 nitrogen and oxygen atoms in total. The predicted molar refractivity (Wildman–Crippen MR) is 102 cm³/mol.